The van der Waals surface area contributed by atoms with Crippen LogP contribution in [0.15, 0.2) is 18.2 Å². The normalized spacial score (nSPS) is 16.0. The van der Waals surface area contributed by atoms with Crippen LogP contribution in [-0.2, 0) is 19.4 Å². The average molecular weight is 323 g/mol. The van der Waals surface area contributed by atoms with Crippen molar-refractivity contribution in [2.24, 2.45) is 0 Å². The lowest BCUT2D eigenvalue weighted by Crippen LogP contribution is -2.32. The standard InChI is InChI=1S/C17H23ClN2O2/c18-15-6-3-5-14-13-4-1-2-7-16(13)20(17(14)15)11-12(22)10-19-8-9-21/h3,5-6,12,19,21-22H,1-2,4,7-11H2/t12-/m1/s1. The van der Waals surface area contributed by atoms with E-state index in [0.29, 0.717) is 19.6 Å². The molecular formula is C17H23ClN2O2. The highest BCUT2D eigenvalue weighted by Crippen LogP contribution is 2.35. The molecule has 2 aromatic rings. The first-order chi connectivity index (χ1) is 10.7. The number of aliphatic hydroxyl groups excluding tert-OH is 2. The summed E-state index contributed by atoms with van der Waals surface area (Å²) in [7, 11) is 0. The van der Waals surface area contributed by atoms with Crippen molar-refractivity contribution in [1.82, 2.24) is 9.88 Å². The van der Waals surface area contributed by atoms with Gasteiger partial charge in [0.1, 0.15) is 0 Å². The second-order valence-corrected chi connectivity index (χ2v) is 6.37. The number of fused-ring (bicyclic) bond motifs is 3. The number of aliphatic hydroxyl groups is 2. The number of benzene rings is 1. The van der Waals surface area contributed by atoms with Crippen LogP contribution in [0.5, 0.6) is 0 Å². The van der Waals surface area contributed by atoms with Gasteiger partial charge in [-0.15, -0.1) is 0 Å². The molecule has 0 spiro atoms. The van der Waals surface area contributed by atoms with Gasteiger partial charge in [0, 0.05) is 24.2 Å². The first-order valence-corrected chi connectivity index (χ1v) is 8.38. The Morgan fingerprint density at radius 3 is 2.91 bits per heavy atom. The summed E-state index contributed by atoms with van der Waals surface area (Å²) >= 11 is 6.44. The monoisotopic (exact) mass is 322 g/mol. The molecule has 3 N–H and O–H groups in total. The number of nitrogens with zero attached hydrogens (tertiary/aromatic N) is 1. The minimum Gasteiger partial charge on any atom is -0.395 e. The maximum absolute atomic E-state index is 10.3. The number of halogens is 1. The highest BCUT2D eigenvalue weighted by Gasteiger charge is 2.22. The van der Waals surface area contributed by atoms with Crippen LogP contribution in [0, 0.1) is 0 Å². The summed E-state index contributed by atoms with van der Waals surface area (Å²) in [6.07, 6.45) is 4.07. The Morgan fingerprint density at radius 1 is 1.27 bits per heavy atom. The molecule has 0 saturated heterocycles. The molecule has 1 aromatic carbocycles. The largest absolute Gasteiger partial charge is 0.395 e. The number of aryl methyl sites for hydroxylation is 1. The Labute approximate surface area is 135 Å². The van der Waals surface area contributed by atoms with Crippen molar-refractivity contribution in [1.29, 1.82) is 0 Å². The van der Waals surface area contributed by atoms with E-state index in [-0.39, 0.29) is 6.61 Å². The van der Waals surface area contributed by atoms with Gasteiger partial charge in [-0.1, -0.05) is 23.7 Å². The van der Waals surface area contributed by atoms with Gasteiger partial charge in [0.2, 0.25) is 0 Å². The maximum atomic E-state index is 10.3. The van der Waals surface area contributed by atoms with E-state index in [0.717, 1.165) is 23.4 Å². The molecule has 0 bridgehead atoms. The van der Waals surface area contributed by atoms with E-state index in [4.69, 9.17) is 16.7 Å². The lowest BCUT2D eigenvalue weighted by Gasteiger charge is -2.19. The second-order valence-electron chi connectivity index (χ2n) is 5.96. The highest BCUT2D eigenvalue weighted by atomic mass is 35.5. The molecule has 1 aromatic heterocycles. The maximum Gasteiger partial charge on any atom is 0.0843 e. The number of aromatic nitrogens is 1. The predicted molar refractivity (Wildman–Crippen MR) is 89.6 cm³/mol. The van der Waals surface area contributed by atoms with Crippen LogP contribution in [0.25, 0.3) is 10.9 Å². The third-order valence-corrected chi connectivity index (χ3v) is 4.71. The van der Waals surface area contributed by atoms with E-state index < -0.39 is 6.10 Å². The molecule has 0 aliphatic heterocycles. The van der Waals surface area contributed by atoms with Gasteiger partial charge in [-0.25, -0.2) is 0 Å². The van der Waals surface area contributed by atoms with Crippen LogP contribution in [-0.4, -0.2) is 40.6 Å². The summed E-state index contributed by atoms with van der Waals surface area (Å²) in [4.78, 5) is 0. The second kappa shape index (κ2) is 7.01. The van der Waals surface area contributed by atoms with Crippen molar-refractivity contribution in [2.75, 3.05) is 19.7 Å². The van der Waals surface area contributed by atoms with Crippen molar-refractivity contribution >= 4 is 22.5 Å². The number of nitrogens with one attached hydrogen (secondary N) is 1. The van der Waals surface area contributed by atoms with Gasteiger partial charge in [0.15, 0.2) is 0 Å². The molecule has 1 aliphatic rings. The van der Waals surface area contributed by atoms with Crippen molar-refractivity contribution in [3.63, 3.8) is 0 Å². The van der Waals surface area contributed by atoms with Crippen LogP contribution >= 0.6 is 11.6 Å². The summed E-state index contributed by atoms with van der Waals surface area (Å²) in [6.45, 7) is 1.59. The zero-order valence-electron chi connectivity index (χ0n) is 12.7. The van der Waals surface area contributed by atoms with E-state index in [2.05, 4.69) is 16.0 Å². The van der Waals surface area contributed by atoms with Gasteiger partial charge < -0.3 is 20.1 Å². The zero-order valence-corrected chi connectivity index (χ0v) is 13.4. The lowest BCUT2D eigenvalue weighted by atomic mass is 9.95. The van der Waals surface area contributed by atoms with Crippen LogP contribution in [0.3, 0.4) is 0 Å². The number of hydrogen-bond acceptors (Lipinski definition) is 3. The van der Waals surface area contributed by atoms with Crippen LogP contribution in [0.1, 0.15) is 24.1 Å². The van der Waals surface area contributed by atoms with E-state index in [9.17, 15) is 5.11 Å². The minimum atomic E-state index is -0.496. The van der Waals surface area contributed by atoms with Gasteiger partial charge in [-0.2, -0.15) is 0 Å². The molecule has 0 radical (unpaired) electrons. The molecule has 4 nitrogen and oxygen atoms in total. The van der Waals surface area contributed by atoms with Crippen LogP contribution in [0.2, 0.25) is 5.02 Å². The third kappa shape index (κ3) is 3.01. The Bertz CT molecular complexity index is 654. The molecule has 120 valence electrons. The fourth-order valence-corrected chi connectivity index (χ4v) is 3.75. The van der Waals surface area contributed by atoms with Gasteiger partial charge >= 0.3 is 0 Å². The summed E-state index contributed by atoms with van der Waals surface area (Å²) in [5, 5.41) is 24.1. The van der Waals surface area contributed by atoms with Crippen molar-refractivity contribution < 1.29 is 10.2 Å². The molecule has 1 aliphatic carbocycles. The van der Waals surface area contributed by atoms with E-state index in [1.54, 1.807) is 0 Å². The summed E-state index contributed by atoms with van der Waals surface area (Å²) < 4.78 is 2.21. The third-order valence-electron chi connectivity index (χ3n) is 4.41. The Kier molecular flexibility index (Phi) is 5.03. The summed E-state index contributed by atoms with van der Waals surface area (Å²) in [6, 6.07) is 6.06. The average Bonchev–Trinajstić information content (AvgIpc) is 2.84. The van der Waals surface area contributed by atoms with Gasteiger partial charge in [0.05, 0.1) is 29.8 Å². The van der Waals surface area contributed by atoms with Gasteiger partial charge in [0.25, 0.3) is 0 Å². The molecule has 0 fully saturated rings. The molecule has 0 unspecified atom stereocenters. The number of para-hydroxylation sites is 1. The van der Waals surface area contributed by atoms with Crippen molar-refractivity contribution in [2.45, 2.75) is 38.3 Å². The number of hydrogen-bond donors (Lipinski definition) is 3. The Balaban J connectivity index is 1.94. The molecular weight excluding hydrogens is 300 g/mol. The molecule has 5 heteroatoms. The van der Waals surface area contributed by atoms with Crippen LogP contribution < -0.4 is 5.32 Å². The number of rotatable bonds is 6. The Hall–Kier alpha value is -1.07. The quantitative estimate of drug-likeness (QED) is 0.714. The van der Waals surface area contributed by atoms with Crippen LogP contribution in [0.4, 0.5) is 0 Å². The smallest absolute Gasteiger partial charge is 0.0843 e. The molecule has 1 heterocycles. The fraction of sp³-hybridized carbons (Fsp3) is 0.529. The van der Waals surface area contributed by atoms with E-state index in [1.165, 1.54) is 29.5 Å². The molecule has 22 heavy (non-hydrogen) atoms. The zero-order chi connectivity index (χ0) is 15.5. The van der Waals surface area contributed by atoms with E-state index in [1.807, 2.05) is 12.1 Å². The fourth-order valence-electron chi connectivity index (χ4n) is 3.47. The topological polar surface area (TPSA) is 57.4 Å². The molecule has 1 atom stereocenters. The molecule has 0 amide bonds. The summed E-state index contributed by atoms with van der Waals surface area (Å²) in [5.41, 5.74) is 3.78. The van der Waals surface area contributed by atoms with E-state index >= 15 is 0 Å². The predicted octanol–water partition coefficient (Wildman–Crippen LogP) is 2.12. The first kappa shape index (κ1) is 15.8. The van der Waals surface area contributed by atoms with Gasteiger partial charge in [-0.05, 0) is 37.3 Å². The van der Waals surface area contributed by atoms with Crippen molar-refractivity contribution in [3.8, 4) is 0 Å². The molecule has 3 rings (SSSR count). The summed E-state index contributed by atoms with van der Waals surface area (Å²) in [5.74, 6) is 0. The van der Waals surface area contributed by atoms with Gasteiger partial charge in [-0.3, -0.25) is 0 Å². The molecule has 0 saturated carbocycles. The highest BCUT2D eigenvalue weighted by molar-refractivity contribution is 6.35. The Morgan fingerprint density at radius 2 is 2.09 bits per heavy atom. The minimum absolute atomic E-state index is 0.0837. The first-order valence-electron chi connectivity index (χ1n) is 8.00. The SMILES string of the molecule is OCCNC[C@@H](O)Cn1c2c(c3cccc(Cl)c31)CCCC2. The lowest BCUT2D eigenvalue weighted by molar-refractivity contribution is 0.149. The van der Waals surface area contributed by atoms with Crippen molar-refractivity contribution in [3.05, 3.63) is 34.5 Å².